The highest BCUT2D eigenvalue weighted by molar-refractivity contribution is 5.67. The summed E-state index contributed by atoms with van der Waals surface area (Å²) < 4.78 is 7.25. The van der Waals surface area contributed by atoms with Gasteiger partial charge in [0.25, 0.3) is 0 Å². The maximum absolute atomic E-state index is 12.0. The molecule has 2 aromatic rings. The number of carbonyl (C=O) groups is 1. The number of ether oxygens (including phenoxy) is 1. The molecule has 2 heterocycles. The van der Waals surface area contributed by atoms with Gasteiger partial charge in [0.05, 0.1) is 18.5 Å². The number of fused-ring (bicyclic) bond motifs is 1. The summed E-state index contributed by atoms with van der Waals surface area (Å²) in [7, 11) is 0. The van der Waals surface area contributed by atoms with Crippen molar-refractivity contribution >= 4 is 6.09 Å². The zero-order valence-electron chi connectivity index (χ0n) is 17.7. The molecule has 0 unspecified atom stereocenters. The largest absolute Gasteiger partial charge is 0.450 e. The van der Waals surface area contributed by atoms with Crippen LogP contribution in [0.2, 0.25) is 0 Å². The Bertz CT molecular complexity index is 838. The average Bonchev–Trinajstić information content (AvgIpc) is 3.12. The van der Waals surface area contributed by atoms with Gasteiger partial charge in [-0.15, -0.1) is 0 Å². The summed E-state index contributed by atoms with van der Waals surface area (Å²) >= 11 is 0. The van der Waals surface area contributed by atoms with E-state index in [1.165, 1.54) is 11.3 Å². The minimum atomic E-state index is -0.184. The van der Waals surface area contributed by atoms with E-state index in [2.05, 4.69) is 48.1 Å². The lowest BCUT2D eigenvalue weighted by molar-refractivity contribution is 0.0931. The van der Waals surface area contributed by atoms with Crippen molar-refractivity contribution in [2.45, 2.75) is 58.5 Å². The summed E-state index contributed by atoms with van der Waals surface area (Å²) in [6, 6.07) is 11.1. The molecule has 6 nitrogen and oxygen atoms in total. The molecule has 1 N–H and O–H groups in total. The third-order valence-corrected chi connectivity index (χ3v) is 6.14. The van der Waals surface area contributed by atoms with Crippen molar-refractivity contribution < 1.29 is 9.53 Å². The minimum Gasteiger partial charge on any atom is -0.450 e. The van der Waals surface area contributed by atoms with Gasteiger partial charge in [0.2, 0.25) is 0 Å². The normalized spacial score (nSPS) is 21.6. The van der Waals surface area contributed by atoms with E-state index >= 15 is 0 Å². The molecule has 0 radical (unpaired) electrons. The van der Waals surface area contributed by atoms with Crippen molar-refractivity contribution in [1.29, 1.82) is 0 Å². The van der Waals surface area contributed by atoms with E-state index in [1.807, 2.05) is 24.1 Å². The van der Waals surface area contributed by atoms with Gasteiger partial charge in [0.1, 0.15) is 0 Å². The first-order valence-electron chi connectivity index (χ1n) is 10.8. The van der Waals surface area contributed by atoms with Gasteiger partial charge in [0.15, 0.2) is 0 Å². The van der Waals surface area contributed by atoms with Crippen LogP contribution in [0.1, 0.15) is 57.3 Å². The first-order chi connectivity index (χ1) is 14.0. The summed E-state index contributed by atoms with van der Waals surface area (Å²) in [6.45, 7) is 8.48. The summed E-state index contributed by atoms with van der Waals surface area (Å²) in [6.07, 6.45) is 5.89. The smallest absolute Gasteiger partial charge is 0.409 e. The van der Waals surface area contributed by atoms with Gasteiger partial charge in [-0.05, 0) is 50.2 Å². The predicted molar refractivity (Wildman–Crippen MR) is 113 cm³/mol. The maximum atomic E-state index is 12.0. The number of benzene rings is 1. The van der Waals surface area contributed by atoms with E-state index in [0.717, 1.165) is 44.5 Å². The molecule has 1 aromatic carbocycles. The van der Waals surface area contributed by atoms with Crippen LogP contribution >= 0.6 is 0 Å². The zero-order valence-corrected chi connectivity index (χ0v) is 17.7. The van der Waals surface area contributed by atoms with Gasteiger partial charge in [0, 0.05) is 36.4 Å². The highest BCUT2D eigenvalue weighted by atomic mass is 16.6. The molecule has 6 heteroatoms. The number of amides is 1. The lowest BCUT2D eigenvalue weighted by Crippen LogP contribution is -2.47. The van der Waals surface area contributed by atoms with Gasteiger partial charge in [-0.3, -0.25) is 0 Å². The van der Waals surface area contributed by atoms with Crippen molar-refractivity contribution in [3.63, 3.8) is 0 Å². The standard InChI is InChI=1S/C23H32N4O2/c1-4-29-22(28)26-12-10-17(11-13-26)25-20-14-23(2,3)15-21-19(20)16-24-27(21)18-8-6-5-7-9-18/h5-9,16-17,20,25H,4,10-15H2,1-3H3/t20-/m0/s1. The van der Waals surface area contributed by atoms with E-state index in [1.54, 1.807) is 0 Å². The number of piperidine rings is 1. The van der Waals surface area contributed by atoms with Crippen molar-refractivity contribution in [1.82, 2.24) is 20.0 Å². The Balaban J connectivity index is 1.49. The van der Waals surface area contributed by atoms with Crippen LogP contribution in [0.3, 0.4) is 0 Å². The predicted octanol–water partition coefficient (Wildman–Crippen LogP) is 4.10. The van der Waals surface area contributed by atoms with Crippen LogP contribution in [0, 0.1) is 5.41 Å². The van der Waals surface area contributed by atoms with Gasteiger partial charge < -0.3 is 15.0 Å². The Morgan fingerprint density at radius 1 is 1.24 bits per heavy atom. The van der Waals surface area contributed by atoms with E-state index in [-0.39, 0.29) is 11.5 Å². The Kier molecular flexibility index (Phi) is 5.63. The van der Waals surface area contributed by atoms with Crippen LogP contribution in [-0.4, -0.2) is 46.5 Å². The minimum absolute atomic E-state index is 0.184. The SMILES string of the molecule is CCOC(=O)N1CCC(N[C@H]2CC(C)(C)Cc3c2cnn3-c2ccccc2)CC1. The molecule has 0 spiro atoms. The van der Waals surface area contributed by atoms with Crippen LogP contribution in [0.25, 0.3) is 5.69 Å². The number of nitrogens with one attached hydrogen (secondary N) is 1. The van der Waals surface area contributed by atoms with Gasteiger partial charge in [-0.2, -0.15) is 5.10 Å². The van der Waals surface area contributed by atoms with E-state index < -0.39 is 0 Å². The summed E-state index contributed by atoms with van der Waals surface area (Å²) in [4.78, 5) is 13.8. The molecule has 1 amide bonds. The first kappa shape index (κ1) is 20.0. The fourth-order valence-corrected chi connectivity index (χ4v) is 4.71. The van der Waals surface area contributed by atoms with E-state index in [4.69, 9.17) is 9.84 Å². The highest BCUT2D eigenvalue weighted by Gasteiger charge is 2.36. The second-order valence-electron chi connectivity index (χ2n) is 9.02. The van der Waals surface area contributed by atoms with Gasteiger partial charge in [-0.25, -0.2) is 9.48 Å². The topological polar surface area (TPSA) is 59.4 Å². The fraction of sp³-hybridized carbons (Fsp3) is 0.565. The number of hydrogen-bond donors (Lipinski definition) is 1. The monoisotopic (exact) mass is 396 g/mol. The third kappa shape index (κ3) is 4.32. The third-order valence-electron chi connectivity index (χ3n) is 6.14. The Labute approximate surface area is 173 Å². The number of likely N-dealkylation sites (tertiary alicyclic amines) is 1. The molecule has 1 atom stereocenters. The average molecular weight is 397 g/mol. The zero-order chi connectivity index (χ0) is 20.4. The summed E-state index contributed by atoms with van der Waals surface area (Å²) in [5, 5.41) is 8.63. The van der Waals surface area contributed by atoms with Crippen molar-refractivity contribution in [2.24, 2.45) is 5.41 Å². The molecular formula is C23H32N4O2. The number of rotatable bonds is 4. The molecule has 0 saturated carbocycles. The lowest BCUT2D eigenvalue weighted by atomic mass is 9.74. The molecule has 1 aromatic heterocycles. The number of aromatic nitrogens is 2. The number of carbonyl (C=O) groups excluding carboxylic acids is 1. The second kappa shape index (κ2) is 8.19. The molecule has 0 bridgehead atoms. The van der Waals surface area contributed by atoms with Crippen LogP contribution < -0.4 is 5.32 Å². The Morgan fingerprint density at radius 2 is 1.97 bits per heavy atom. The summed E-state index contributed by atoms with van der Waals surface area (Å²) in [5.74, 6) is 0. The Morgan fingerprint density at radius 3 is 2.66 bits per heavy atom. The molecule has 1 aliphatic carbocycles. The number of para-hydroxylation sites is 1. The molecule has 156 valence electrons. The lowest BCUT2D eigenvalue weighted by Gasteiger charge is -2.39. The van der Waals surface area contributed by atoms with Crippen LogP contribution in [-0.2, 0) is 11.2 Å². The highest BCUT2D eigenvalue weighted by Crippen LogP contribution is 2.41. The van der Waals surface area contributed by atoms with Crippen molar-refractivity contribution in [3.8, 4) is 5.69 Å². The molecule has 1 saturated heterocycles. The van der Waals surface area contributed by atoms with Crippen LogP contribution in [0.4, 0.5) is 4.79 Å². The van der Waals surface area contributed by atoms with Crippen molar-refractivity contribution in [3.05, 3.63) is 47.8 Å². The van der Waals surface area contributed by atoms with E-state index in [9.17, 15) is 4.79 Å². The number of hydrogen-bond acceptors (Lipinski definition) is 4. The maximum Gasteiger partial charge on any atom is 0.409 e. The van der Waals surface area contributed by atoms with E-state index in [0.29, 0.717) is 18.7 Å². The second-order valence-corrected chi connectivity index (χ2v) is 9.02. The molecule has 1 fully saturated rings. The fourth-order valence-electron chi connectivity index (χ4n) is 4.71. The van der Waals surface area contributed by atoms with Crippen LogP contribution in [0.15, 0.2) is 36.5 Å². The molecule has 4 rings (SSSR count). The van der Waals surface area contributed by atoms with Gasteiger partial charge in [-0.1, -0.05) is 32.0 Å². The molecular weight excluding hydrogens is 364 g/mol. The molecule has 29 heavy (non-hydrogen) atoms. The van der Waals surface area contributed by atoms with Crippen LogP contribution in [0.5, 0.6) is 0 Å². The Hall–Kier alpha value is -2.34. The molecule has 2 aliphatic rings. The molecule has 1 aliphatic heterocycles. The summed E-state index contributed by atoms with van der Waals surface area (Å²) in [5.41, 5.74) is 3.96. The van der Waals surface area contributed by atoms with Gasteiger partial charge >= 0.3 is 6.09 Å². The quantitative estimate of drug-likeness (QED) is 0.845. The number of nitrogens with zero attached hydrogens (tertiary/aromatic N) is 3. The first-order valence-corrected chi connectivity index (χ1v) is 10.8. The van der Waals surface area contributed by atoms with Crippen molar-refractivity contribution in [2.75, 3.05) is 19.7 Å².